The van der Waals surface area contributed by atoms with Gasteiger partial charge in [-0.3, -0.25) is 14.9 Å². The third-order valence-electron chi connectivity index (χ3n) is 3.48. The van der Waals surface area contributed by atoms with Crippen LogP contribution in [-0.2, 0) is 21.2 Å². The second-order valence-corrected chi connectivity index (χ2v) is 6.83. The fourth-order valence-electron chi connectivity index (χ4n) is 2.23. The number of para-hydroxylation sites is 1. The van der Waals surface area contributed by atoms with Crippen LogP contribution in [0, 0.1) is 17.0 Å². The highest BCUT2D eigenvalue weighted by atomic mass is 32.2. The van der Waals surface area contributed by atoms with Gasteiger partial charge in [-0.15, -0.1) is 0 Å². The van der Waals surface area contributed by atoms with E-state index in [1.54, 1.807) is 0 Å². The molecule has 0 radical (unpaired) electrons. The summed E-state index contributed by atoms with van der Waals surface area (Å²) in [5, 5.41) is 10.9. The molecule has 0 aromatic heterocycles. The Kier molecular flexibility index (Phi) is 5.30. The Balaban J connectivity index is 2.11. The van der Waals surface area contributed by atoms with Gasteiger partial charge in [0.1, 0.15) is 0 Å². The second kappa shape index (κ2) is 7.22. The van der Waals surface area contributed by atoms with Gasteiger partial charge in [0, 0.05) is 12.5 Å². The van der Waals surface area contributed by atoms with Crippen LogP contribution in [0.15, 0.2) is 53.4 Å². The maximum atomic E-state index is 12.2. The van der Waals surface area contributed by atoms with Gasteiger partial charge in [-0.25, -0.2) is 13.1 Å². The molecule has 0 bridgehead atoms. The van der Waals surface area contributed by atoms with Crippen molar-refractivity contribution >= 4 is 21.6 Å². The maximum absolute atomic E-state index is 12.2. The summed E-state index contributed by atoms with van der Waals surface area (Å²) in [5.41, 5.74) is 1.37. The van der Waals surface area contributed by atoms with Crippen molar-refractivity contribution in [1.29, 1.82) is 0 Å². The van der Waals surface area contributed by atoms with Gasteiger partial charge in [0.15, 0.2) is 4.90 Å². The van der Waals surface area contributed by atoms with Gasteiger partial charge in [-0.05, 0) is 30.5 Å². The number of rotatable bonds is 6. The van der Waals surface area contributed by atoms with E-state index in [-0.39, 0.29) is 6.42 Å². The molecule has 0 saturated heterocycles. The van der Waals surface area contributed by atoms with Crippen molar-refractivity contribution in [3.05, 3.63) is 69.8 Å². The summed E-state index contributed by atoms with van der Waals surface area (Å²) in [5.74, 6) is -0.712. The average molecular weight is 348 g/mol. The maximum Gasteiger partial charge on any atom is 0.289 e. The van der Waals surface area contributed by atoms with Crippen LogP contribution in [0.3, 0.4) is 0 Å². The Bertz CT molecular complexity index is 878. The molecule has 0 aliphatic heterocycles. The molecule has 1 N–H and O–H groups in total. The van der Waals surface area contributed by atoms with E-state index in [0.29, 0.717) is 6.42 Å². The molecule has 0 aliphatic carbocycles. The van der Waals surface area contributed by atoms with E-state index in [0.717, 1.165) is 23.3 Å². The zero-order chi connectivity index (χ0) is 17.7. The number of hydrogen-bond donors (Lipinski definition) is 1. The molecule has 126 valence electrons. The molecule has 0 spiro atoms. The number of sulfonamides is 1. The highest BCUT2D eigenvalue weighted by Crippen LogP contribution is 2.22. The molecule has 0 atom stereocenters. The molecule has 7 nitrogen and oxygen atoms in total. The summed E-state index contributed by atoms with van der Waals surface area (Å²) < 4.78 is 26.3. The average Bonchev–Trinajstić information content (AvgIpc) is 2.53. The van der Waals surface area contributed by atoms with E-state index in [9.17, 15) is 23.3 Å². The van der Waals surface area contributed by atoms with Gasteiger partial charge in [0.05, 0.1) is 4.92 Å². The Morgan fingerprint density at radius 3 is 2.42 bits per heavy atom. The third-order valence-corrected chi connectivity index (χ3v) is 4.90. The molecule has 0 fully saturated rings. The van der Waals surface area contributed by atoms with Crippen molar-refractivity contribution in [2.24, 2.45) is 0 Å². The number of amides is 1. The lowest BCUT2D eigenvalue weighted by Crippen LogP contribution is -2.31. The third kappa shape index (κ3) is 4.17. The SMILES string of the molecule is Cc1ccccc1CCC(=O)NS(=O)(=O)c1ccccc1[N+](=O)[O-]. The Labute approximate surface area is 139 Å². The Morgan fingerprint density at radius 1 is 1.12 bits per heavy atom. The molecule has 0 saturated carbocycles. The first kappa shape index (κ1) is 17.6. The van der Waals surface area contributed by atoms with E-state index < -0.39 is 31.4 Å². The lowest BCUT2D eigenvalue weighted by molar-refractivity contribution is -0.387. The van der Waals surface area contributed by atoms with Crippen molar-refractivity contribution in [2.75, 3.05) is 0 Å². The van der Waals surface area contributed by atoms with Crippen LogP contribution in [0.4, 0.5) is 5.69 Å². The molecule has 1 amide bonds. The molecular weight excluding hydrogens is 332 g/mol. The smallest absolute Gasteiger partial charge is 0.274 e. The number of aryl methyl sites for hydroxylation is 2. The van der Waals surface area contributed by atoms with Gasteiger partial charge in [0.25, 0.3) is 15.7 Å². The molecule has 0 heterocycles. The zero-order valence-electron chi connectivity index (χ0n) is 12.9. The van der Waals surface area contributed by atoms with E-state index >= 15 is 0 Å². The minimum Gasteiger partial charge on any atom is -0.274 e. The summed E-state index contributed by atoms with van der Waals surface area (Å²) in [6.07, 6.45) is 0.343. The number of carbonyl (C=O) groups excluding carboxylic acids is 1. The Morgan fingerprint density at radius 2 is 1.75 bits per heavy atom. The molecular formula is C16H16N2O5S. The number of nitrogens with one attached hydrogen (secondary N) is 1. The Hall–Kier alpha value is -2.74. The second-order valence-electron chi connectivity index (χ2n) is 5.18. The van der Waals surface area contributed by atoms with Crippen molar-refractivity contribution in [3.63, 3.8) is 0 Å². The number of nitrogens with zero attached hydrogens (tertiary/aromatic N) is 1. The molecule has 0 aliphatic rings. The van der Waals surface area contributed by atoms with Gasteiger partial charge < -0.3 is 0 Å². The minimum absolute atomic E-state index is 0.0370. The molecule has 2 aromatic carbocycles. The predicted molar refractivity (Wildman–Crippen MR) is 87.9 cm³/mol. The zero-order valence-corrected chi connectivity index (χ0v) is 13.7. The summed E-state index contributed by atoms with van der Waals surface area (Å²) in [6, 6.07) is 12.4. The van der Waals surface area contributed by atoms with Crippen LogP contribution in [0.2, 0.25) is 0 Å². The standard InChI is InChI=1S/C16H16N2O5S/c1-12-6-2-3-7-13(12)10-11-16(19)17-24(22,23)15-9-5-4-8-14(15)18(20)21/h2-9H,10-11H2,1H3,(H,17,19). The molecule has 2 rings (SSSR count). The van der Waals surface area contributed by atoms with Crippen LogP contribution in [0.5, 0.6) is 0 Å². The fraction of sp³-hybridized carbons (Fsp3) is 0.188. The molecule has 0 unspecified atom stereocenters. The number of nitro groups is 1. The van der Waals surface area contributed by atoms with E-state index in [2.05, 4.69) is 0 Å². The lowest BCUT2D eigenvalue weighted by Gasteiger charge is -2.08. The van der Waals surface area contributed by atoms with E-state index in [1.165, 1.54) is 12.1 Å². The predicted octanol–water partition coefficient (Wildman–Crippen LogP) is 2.34. The highest BCUT2D eigenvalue weighted by Gasteiger charge is 2.26. The van der Waals surface area contributed by atoms with Crippen LogP contribution in [-0.4, -0.2) is 19.2 Å². The molecule has 2 aromatic rings. The van der Waals surface area contributed by atoms with Gasteiger partial charge >= 0.3 is 0 Å². The van der Waals surface area contributed by atoms with E-state index in [4.69, 9.17) is 0 Å². The van der Waals surface area contributed by atoms with Gasteiger partial charge in [-0.2, -0.15) is 0 Å². The van der Waals surface area contributed by atoms with Crippen LogP contribution < -0.4 is 4.72 Å². The summed E-state index contributed by atoms with van der Waals surface area (Å²) in [7, 11) is -4.29. The number of benzene rings is 2. The van der Waals surface area contributed by atoms with Crippen molar-refractivity contribution in [1.82, 2.24) is 4.72 Å². The van der Waals surface area contributed by atoms with E-state index in [1.807, 2.05) is 35.9 Å². The normalized spacial score (nSPS) is 11.0. The summed E-state index contributed by atoms with van der Waals surface area (Å²) >= 11 is 0. The highest BCUT2D eigenvalue weighted by molar-refractivity contribution is 7.90. The number of nitro benzene ring substituents is 1. The van der Waals surface area contributed by atoms with Gasteiger partial charge in [0.2, 0.25) is 5.91 Å². The first-order valence-corrected chi connectivity index (χ1v) is 8.63. The quantitative estimate of drug-likeness (QED) is 0.637. The fourth-order valence-corrected chi connectivity index (χ4v) is 3.42. The number of carbonyl (C=O) groups is 1. The first-order valence-electron chi connectivity index (χ1n) is 7.15. The largest absolute Gasteiger partial charge is 0.289 e. The van der Waals surface area contributed by atoms with Crippen LogP contribution in [0.1, 0.15) is 17.5 Å². The van der Waals surface area contributed by atoms with Crippen molar-refractivity contribution < 1.29 is 18.1 Å². The lowest BCUT2D eigenvalue weighted by atomic mass is 10.0. The minimum atomic E-state index is -4.29. The molecule has 24 heavy (non-hydrogen) atoms. The van der Waals surface area contributed by atoms with Crippen molar-refractivity contribution in [2.45, 2.75) is 24.7 Å². The monoisotopic (exact) mass is 348 g/mol. The molecule has 8 heteroatoms. The topological polar surface area (TPSA) is 106 Å². The van der Waals surface area contributed by atoms with Crippen molar-refractivity contribution in [3.8, 4) is 0 Å². The summed E-state index contributed by atoms with van der Waals surface area (Å²) in [6.45, 7) is 1.90. The van der Waals surface area contributed by atoms with Gasteiger partial charge in [-0.1, -0.05) is 36.4 Å². The first-order chi connectivity index (χ1) is 11.3. The number of hydrogen-bond acceptors (Lipinski definition) is 5. The summed E-state index contributed by atoms with van der Waals surface area (Å²) in [4.78, 5) is 21.5. The van der Waals surface area contributed by atoms with Crippen LogP contribution in [0.25, 0.3) is 0 Å². The van der Waals surface area contributed by atoms with Crippen LogP contribution >= 0.6 is 0 Å².